The summed E-state index contributed by atoms with van der Waals surface area (Å²) in [6.45, 7) is 0.664. The number of nitrogens with one attached hydrogen (secondary N) is 1. The molecule has 0 spiro atoms. The fraction of sp³-hybridized carbons (Fsp3) is 0.143. The topological polar surface area (TPSA) is 68.8 Å². The smallest absolute Gasteiger partial charge is 0.0731 e. The second kappa shape index (κ2) is 7.78. The average Bonchev–Trinajstić information content (AvgIpc) is 3.17. The van der Waals surface area contributed by atoms with Gasteiger partial charge in [-0.25, -0.2) is 4.68 Å². The minimum absolute atomic E-state index is 0.00249. The Hall–Kier alpha value is -2.89. The molecule has 2 aromatic heterocycles. The molecule has 4 rings (SSSR count). The molecule has 136 valence electrons. The summed E-state index contributed by atoms with van der Waals surface area (Å²) in [5, 5.41) is 10.8. The van der Waals surface area contributed by atoms with Gasteiger partial charge in [0, 0.05) is 35.4 Å². The Balaban J connectivity index is 1.39. The largest absolute Gasteiger partial charge is 0.381 e. The quantitative estimate of drug-likeness (QED) is 0.531. The van der Waals surface area contributed by atoms with Gasteiger partial charge >= 0.3 is 0 Å². The lowest BCUT2D eigenvalue weighted by atomic mass is 10.1. The number of anilines is 1. The Morgan fingerprint density at radius 1 is 1.04 bits per heavy atom. The first-order chi connectivity index (χ1) is 13.2. The molecule has 0 amide bonds. The summed E-state index contributed by atoms with van der Waals surface area (Å²) in [7, 11) is 0. The highest BCUT2D eigenvalue weighted by Gasteiger charge is 2.06. The molecule has 0 saturated carbocycles. The molecule has 1 atom stereocenters. The first-order valence-corrected chi connectivity index (χ1v) is 9.18. The summed E-state index contributed by atoms with van der Waals surface area (Å²) in [6, 6.07) is 16.0. The molecule has 0 aliphatic rings. The number of benzene rings is 2. The Morgan fingerprint density at radius 2 is 1.89 bits per heavy atom. The van der Waals surface area contributed by atoms with E-state index >= 15 is 0 Å². The molecule has 0 aliphatic carbocycles. The summed E-state index contributed by atoms with van der Waals surface area (Å²) >= 11 is 5.92. The van der Waals surface area contributed by atoms with Crippen molar-refractivity contribution < 1.29 is 0 Å². The average molecular weight is 378 g/mol. The molecular formula is C21H20ClN5. The summed E-state index contributed by atoms with van der Waals surface area (Å²) in [5.74, 6) is 0. The van der Waals surface area contributed by atoms with Gasteiger partial charge in [0.25, 0.3) is 0 Å². The summed E-state index contributed by atoms with van der Waals surface area (Å²) in [4.78, 5) is 4.14. The number of hydrogen-bond acceptors (Lipinski definition) is 4. The van der Waals surface area contributed by atoms with Crippen LogP contribution in [0.25, 0.3) is 16.5 Å². The molecule has 0 radical (unpaired) electrons. The maximum absolute atomic E-state index is 6.24. The van der Waals surface area contributed by atoms with Crippen molar-refractivity contribution >= 4 is 28.1 Å². The van der Waals surface area contributed by atoms with Crippen molar-refractivity contribution in [3.05, 3.63) is 83.9 Å². The Kier molecular flexibility index (Phi) is 5.05. The van der Waals surface area contributed by atoms with Gasteiger partial charge in [-0.15, -0.1) is 0 Å². The lowest BCUT2D eigenvalue weighted by Gasteiger charge is -2.12. The van der Waals surface area contributed by atoms with E-state index in [2.05, 4.69) is 27.5 Å². The molecule has 0 aliphatic heterocycles. The number of fused-ring (bicyclic) bond motifs is 1. The van der Waals surface area contributed by atoms with Gasteiger partial charge in [-0.05, 0) is 47.7 Å². The van der Waals surface area contributed by atoms with Gasteiger partial charge in [0.1, 0.15) is 0 Å². The lowest BCUT2D eigenvalue weighted by molar-refractivity contribution is 0.699. The normalized spacial score (nSPS) is 12.2. The minimum atomic E-state index is 0.00249. The first kappa shape index (κ1) is 17.5. The highest BCUT2D eigenvalue weighted by molar-refractivity contribution is 6.30. The molecule has 3 N–H and O–H groups in total. The maximum atomic E-state index is 6.24. The van der Waals surface area contributed by atoms with Crippen LogP contribution in [-0.4, -0.2) is 27.4 Å². The van der Waals surface area contributed by atoms with Gasteiger partial charge in [-0.3, -0.25) is 4.98 Å². The van der Waals surface area contributed by atoms with Gasteiger partial charge < -0.3 is 11.1 Å². The van der Waals surface area contributed by atoms with Crippen LogP contribution in [0.15, 0.2) is 73.3 Å². The van der Waals surface area contributed by atoms with Gasteiger partial charge in [-0.1, -0.05) is 29.8 Å². The lowest BCUT2D eigenvalue weighted by Crippen LogP contribution is -2.31. The molecule has 0 bridgehead atoms. The summed E-state index contributed by atoms with van der Waals surface area (Å²) < 4.78 is 1.85. The number of nitrogens with two attached hydrogens (primary N) is 1. The standard InChI is InChI=1S/C21H20ClN5/c22-18-4-1-15(2-5-18)9-19(23)12-25-20-13-26-27(14-20)21-6-3-17-11-24-8-7-16(17)10-21/h1-8,10-11,13-14,19,25H,9,12,23H2/t19-/m1/s1. The second-order valence-electron chi connectivity index (χ2n) is 6.55. The van der Waals surface area contributed by atoms with Crippen molar-refractivity contribution in [1.82, 2.24) is 14.8 Å². The molecule has 2 aromatic carbocycles. The Bertz CT molecular complexity index is 1040. The predicted octanol–water partition coefficient (Wildman–Crippen LogP) is 4.06. The highest BCUT2D eigenvalue weighted by Crippen LogP contribution is 2.18. The van der Waals surface area contributed by atoms with Crippen molar-refractivity contribution in [3.8, 4) is 5.69 Å². The zero-order valence-corrected chi connectivity index (χ0v) is 15.5. The van der Waals surface area contributed by atoms with Crippen molar-refractivity contribution in [2.45, 2.75) is 12.5 Å². The van der Waals surface area contributed by atoms with Crippen LogP contribution in [0.1, 0.15) is 5.56 Å². The number of hydrogen-bond donors (Lipinski definition) is 2. The number of halogens is 1. The molecule has 0 unspecified atom stereocenters. The highest BCUT2D eigenvalue weighted by atomic mass is 35.5. The van der Waals surface area contributed by atoms with Gasteiger partial charge in [0.05, 0.1) is 23.8 Å². The van der Waals surface area contributed by atoms with Gasteiger partial charge in [0.15, 0.2) is 0 Å². The SMILES string of the molecule is N[C@@H](CNc1cnn(-c2ccc3cnccc3c2)c1)Cc1ccc(Cl)cc1. The van der Waals surface area contributed by atoms with E-state index in [4.69, 9.17) is 17.3 Å². The van der Waals surface area contributed by atoms with Crippen LogP contribution in [0, 0.1) is 0 Å². The van der Waals surface area contributed by atoms with Crippen LogP contribution in [0.4, 0.5) is 5.69 Å². The van der Waals surface area contributed by atoms with Crippen LogP contribution >= 0.6 is 11.6 Å². The summed E-state index contributed by atoms with van der Waals surface area (Å²) in [5.41, 5.74) is 9.37. The second-order valence-corrected chi connectivity index (χ2v) is 6.99. The molecule has 0 fully saturated rings. The fourth-order valence-corrected chi connectivity index (χ4v) is 3.14. The third-order valence-corrected chi connectivity index (χ3v) is 4.70. The van der Waals surface area contributed by atoms with E-state index in [0.29, 0.717) is 6.54 Å². The number of rotatable bonds is 6. The van der Waals surface area contributed by atoms with E-state index in [0.717, 1.165) is 33.6 Å². The van der Waals surface area contributed by atoms with Crippen molar-refractivity contribution in [3.63, 3.8) is 0 Å². The predicted molar refractivity (Wildman–Crippen MR) is 110 cm³/mol. The number of aromatic nitrogens is 3. The number of pyridine rings is 1. The molecule has 4 aromatic rings. The third-order valence-electron chi connectivity index (χ3n) is 4.45. The minimum Gasteiger partial charge on any atom is -0.381 e. The molecular weight excluding hydrogens is 358 g/mol. The van der Waals surface area contributed by atoms with Crippen LogP contribution in [0.3, 0.4) is 0 Å². The fourth-order valence-electron chi connectivity index (χ4n) is 3.01. The summed E-state index contributed by atoms with van der Waals surface area (Å²) in [6.07, 6.45) is 8.22. The molecule has 5 nitrogen and oxygen atoms in total. The monoisotopic (exact) mass is 377 g/mol. The van der Waals surface area contributed by atoms with E-state index in [1.54, 1.807) is 6.20 Å². The van der Waals surface area contributed by atoms with Crippen LogP contribution < -0.4 is 11.1 Å². The van der Waals surface area contributed by atoms with Crippen LogP contribution in [-0.2, 0) is 6.42 Å². The van der Waals surface area contributed by atoms with E-state index in [1.807, 2.05) is 59.7 Å². The van der Waals surface area contributed by atoms with E-state index in [9.17, 15) is 0 Å². The third kappa shape index (κ3) is 4.27. The van der Waals surface area contributed by atoms with E-state index in [-0.39, 0.29) is 6.04 Å². The molecule has 27 heavy (non-hydrogen) atoms. The maximum Gasteiger partial charge on any atom is 0.0731 e. The van der Waals surface area contributed by atoms with Crippen molar-refractivity contribution in [2.24, 2.45) is 5.73 Å². The van der Waals surface area contributed by atoms with E-state index in [1.165, 1.54) is 5.56 Å². The number of nitrogens with zero attached hydrogens (tertiary/aromatic N) is 3. The molecule has 2 heterocycles. The Morgan fingerprint density at radius 3 is 2.74 bits per heavy atom. The first-order valence-electron chi connectivity index (χ1n) is 8.80. The molecule has 0 saturated heterocycles. The van der Waals surface area contributed by atoms with Crippen molar-refractivity contribution in [2.75, 3.05) is 11.9 Å². The van der Waals surface area contributed by atoms with Crippen molar-refractivity contribution in [1.29, 1.82) is 0 Å². The molecule has 6 heteroatoms. The van der Waals surface area contributed by atoms with Gasteiger partial charge in [-0.2, -0.15) is 5.10 Å². The van der Waals surface area contributed by atoms with Gasteiger partial charge in [0.2, 0.25) is 0 Å². The van der Waals surface area contributed by atoms with Crippen LogP contribution in [0.5, 0.6) is 0 Å². The zero-order chi connectivity index (χ0) is 18.6. The van der Waals surface area contributed by atoms with E-state index < -0.39 is 0 Å². The Labute approximate surface area is 162 Å². The van der Waals surface area contributed by atoms with Crippen LogP contribution in [0.2, 0.25) is 5.02 Å². The zero-order valence-electron chi connectivity index (χ0n) is 14.7.